The smallest absolute Gasteiger partial charge is 0.221 e. The van der Waals surface area contributed by atoms with Crippen molar-refractivity contribution in [1.29, 1.82) is 0 Å². The van der Waals surface area contributed by atoms with E-state index in [0.29, 0.717) is 6.54 Å². The van der Waals surface area contributed by atoms with Crippen LogP contribution in [0.2, 0.25) is 0 Å². The number of hydrogen-bond acceptors (Lipinski definition) is 3. The second-order valence-corrected chi connectivity index (χ2v) is 3.70. The SMILES string of the molecule is CC(CNCCc1ccnn1C)C(N)=O. The molecule has 0 aliphatic rings. The zero-order valence-electron chi connectivity index (χ0n) is 9.23. The number of nitrogens with two attached hydrogens (primary N) is 1. The topological polar surface area (TPSA) is 72.9 Å². The maximum Gasteiger partial charge on any atom is 0.221 e. The van der Waals surface area contributed by atoms with Gasteiger partial charge in [-0.2, -0.15) is 5.10 Å². The van der Waals surface area contributed by atoms with Gasteiger partial charge in [0, 0.05) is 44.4 Å². The Labute approximate surface area is 89.6 Å². The van der Waals surface area contributed by atoms with Gasteiger partial charge in [0.05, 0.1) is 0 Å². The lowest BCUT2D eigenvalue weighted by Gasteiger charge is -2.08. The van der Waals surface area contributed by atoms with Gasteiger partial charge in [-0.1, -0.05) is 6.92 Å². The van der Waals surface area contributed by atoms with E-state index in [4.69, 9.17) is 5.73 Å². The van der Waals surface area contributed by atoms with Crippen LogP contribution in [-0.2, 0) is 18.3 Å². The van der Waals surface area contributed by atoms with Gasteiger partial charge in [0.15, 0.2) is 0 Å². The summed E-state index contributed by atoms with van der Waals surface area (Å²) in [6.45, 7) is 3.28. The third-order valence-corrected chi connectivity index (χ3v) is 2.42. The van der Waals surface area contributed by atoms with E-state index in [0.717, 1.165) is 13.0 Å². The molecule has 0 aromatic carbocycles. The summed E-state index contributed by atoms with van der Waals surface area (Å²) < 4.78 is 1.85. The maximum absolute atomic E-state index is 10.7. The molecule has 1 rings (SSSR count). The molecule has 0 radical (unpaired) electrons. The van der Waals surface area contributed by atoms with Crippen LogP contribution in [0.4, 0.5) is 0 Å². The first kappa shape index (κ1) is 11.7. The molecule has 1 unspecified atom stereocenters. The van der Waals surface area contributed by atoms with Crippen LogP contribution >= 0.6 is 0 Å². The second-order valence-electron chi connectivity index (χ2n) is 3.70. The zero-order valence-corrected chi connectivity index (χ0v) is 9.23. The number of aryl methyl sites for hydroxylation is 1. The van der Waals surface area contributed by atoms with Crippen molar-refractivity contribution in [3.8, 4) is 0 Å². The van der Waals surface area contributed by atoms with E-state index in [1.807, 2.05) is 24.7 Å². The number of primary amides is 1. The van der Waals surface area contributed by atoms with Crippen LogP contribution in [0, 0.1) is 5.92 Å². The molecule has 1 aromatic heterocycles. The number of amides is 1. The van der Waals surface area contributed by atoms with E-state index in [-0.39, 0.29) is 11.8 Å². The highest BCUT2D eigenvalue weighted by Gasteiger charge is 2.07. The summed E-state index contributed by atoms with van der Waals surface area (Å²) in [4.78, 5) is 10.7. The molecule has 5 nitrogen and oxygen atoms in total. The van der Waals surface area contributed by atoms with Gasteiger partial charge in [-0.05, 0) is 6.07 Å². The first-order valence-corrected chi connectivity index (χ1v) is 5.08. The third-order valence-electron chi connectivity index (χ3n) is 2.42. The molecule has 84 valence electrons. The minimum atomic E-state index is -0.261. The summed E-state index contributed by atoms with van der Waals surface area (Å²) in [6.07, 6.45) is 2.68. The van der Waals surface area contributed by atoms with Gasteiger partial charge in [0.25, 0.3) is 0 Å². The van der Waals surface area contributed by atoms with Crippen molar-refractivity contribution in [1.82, 2.24) is 15.1 Å². The van der Waals surface area contributed by atoms with Crippen LogP contribution < -0.4 is 11.1 Å². The monoisotopic (exact) mass is 210 g/mol. The lowest BCUT2D eigenvalue weighted by atomic mass is 10.1. The molecule has 0 aliphatic heterocycles. The van der Waals surface area contributed by atoms with Gasteiger partial charge in [0.1, 0.15) is 0 Å². The van der Waals surface area contributed by atoms with Gasteiger partial charge in [-0.25, -0.2) is 0 Å². The van der Waals surface area contributed by atoms with E-state index < -0.39 is 0 Å². The number of carbonyl (C=O) groups is 1. The fourth-order valence-electron chi connectivity index (χ4n) is 1.28. The molecule has 1 atom stereocenters. The number of nitrogens with one attached hydrogen (secondary N) is 1. The van der Waals surface area contributed by atoms with Crippen LogP contribution in [0.25, 0.3) is 0 Å². The Morgan fingerprint density at radius 2 is 2.47 bits per heavy atom. The van der Waals surface area contributed by atoms with Gasteiger partial charge < -0.3 is 11.1 Å². The van der Waals surface area contributed by atoms with Gasteiger partial charge in [-0.15, -0.1) is 0 Å². The quantitative estimate of drug-likeness (QED) is 0.632. The summed E-state index contributed by atoms with van der Waals surface area (Å²) in [5.41, 5.74) is 6.32. The third kappa shape index (κ3) is 3.71. The van der Waals surface area contributed by atoms with E-state index in [9.17, 15) is 4.79 Å². The Kier molecular flexibility index (Phi) is 4.30. The molecule has 0 bridgehead atoms. The standard InChI is InChI=1S/C10H18N4O/c1-8(10(11)15)7-12-5-3-9-4-6-13-14(9)2/h4,6,8,12H,3,5,7H2,1-2H3,(H2,11,15). The molecule has 1 amide bonds. The molecule has 5 heteroatoms. The Morgan fingerprint density at radius 3 is 3.00 bits per heavy atom. The summed E-state index contributed by atoms with van der Waals surface area (Å²) in [5.74, 6) is -0.375. The Morgan fingerprint density at radius 1 is 1.73 bits per heavy atom. The first-order chi connectivity index (χ1) is 7.11. The number of aromatic nitrogens is 2. The molecular formula is C10H18N4O. The molecule has 1 heterocycles. The lowest BCUT2D eigenvalue weighted by molar-refractivity contribution is -0.121. The first-order valence-electron chi connectivity index (χ1n) is 5.08. The molecule has 15 heavy (non-hydrogen) atoms. The lowest BCUT2D eigenvalue weighted by Crippen LogP contribution is -2.32. The number of hydrogen-bond donors (Lipinski definition) is 2. The van der Waals surface area contributed by atoms with E-state index >= 15 is 0 Å². The normalized spacial score (nSPS) is 12.7. The highest BCUT2D eigenvalue weighted by molar-refractivity contribution is 5.76. The van der Waals surface area contributed by atoms with E-state index in [1.54, 1.807) is 6.20 Å². The summed E-state index contributed by atoms with van der Waals surface area (Å²) >= 11 is 0. The molecule has 0 spiro atoms. The summed E-state index contributed by atoms with van der Waals surface area (Å²) in [7, 11) is 1.92. The minimum absolute atomic E-state index is 0.114. The predicted molar refractivity (Wildman–Crippen MR) is 58.1 cm³/mol. The van der Waals surface area contributed by atoms with Crippen LogP contribution in [-0.4, -0.2) is 28.8 Å². The summed E-state index contributed by atoms with van der Waals surface area (Å²) in [5, 5.41) is 7.26. The largest absolute Gasteiger partial charge is 0.369 e. The Bertz CT molecular complexity index is 321. The molecule has 3 N–H and O–H groups in total. The van der Waals surface area contributed by atoms with Crippen molar-refractivity contribution in [3.05, 3.63) is 18.0 Å². The van der Waals surface area contributed by atoms with Crippen molar-refractivity contribution in [2.24, 2.45) is 18.7 Å². The number of rotatable bonds is 6. The van der Waals surface area contributed by atoms with Gasteiger partial charge in [-0.3, -0.25) is 9.48 Å². The highest BCUT2D eigenvalue weighted by Crippen LogP contribution is 1.96. The fraction of sp³-hybridized carbons (Fsp3) is 0.600. The van der Waals surface area contributed by atoms with Crippen LogP contribution in [0.3, 0.4) is 0 Å². The van der Waals surface area contributed by atoms with Crippen molar-refractivity contribution >= 4 is 5.91 Å². The zero-order chi connectivity index (χ0) is 11.3. The Hall–Kier alpha value is -1.36. The predicted octanol–water partition coefficient (Wildman–Crippen LogP) is -0.326. The molecule has 0 fully saturated rings. The maximum atomic E-state index is 10.7. The van der Waals surface area contributed by atoms with E-state index in [2.05, 4.69) is 10.4 Å². The summed E-state index contributed by atoms with van der Waals surface area (Å²) in [6, 6.07) is 1.99. The average Bonchev–Trinajstić information content (AvgIpc) is 2.58. The van der Waals surface area contributed by atoms with Crippen molar-refractivity contribution in [3.63, 3.8) is 0 Å². The van der Waals surface area contributed by atoms with Gasteiger partial charge >= 0.3 is 0 Å². The van der Waals surface area contributed by atoms with Crippen LogP contribution in [0.1, 0.15) is 12.6 Å². The Balaban J connectivity index is 2.17. The van der Waals surface area contributed by atoms with Crippen LogP contribution in [0.5, 0.6) is 0 Å². The van der Waals surface area contributed by atoms with Crippen LogP contribution in [0.15, 0.2) is 12.3 Å². The molecule has 0 saturated carbocycles. The van der Waals surface area contributed by atoms with E-state index in [1.165, 1.54) is 5.69 Å². The molecular weight excluding hydrogens is 192 g/mol. The number of carbonyl (C=O) groups excluding carboxylic acids is 1. The van der Waals surface area contributed by atoms with Crippen molar-refractivity contribution in [2.75, 3.05) is 13.1 Å². The number of nitrogens with zero attached hydrogens (tertiary/aromatic N) is 2. The molecule has 0 aliphatic carbocycles. The van der Waals surface area contributed by atoms with Gasteiger partial charge in [0.2, 0.25) is 5.91 Å². The van der Waals surface area contributed by atoms with Crippen molar-refractivity contribution < 1.29 is 4.79 Å². The molecule has 1 aromatic rings. The highest BCUT2D eigenvalue weighted by atomic mass is 16.1. The second kappa shape index (κ2) is 5.50. The minimum Gasteiger partial charge on any atom is -0.369 e. The fourth-order valence-corrected chi connectivity index (χ4v) is 1.28. The molecule has 0 saturated heterocycles. The average molecular weight is 210 g/mol. The van der Waals surface area contributed by atoms with Crippen molar-refractivity contribution in [2.45, 2.75) is 13.3 Å².